The van der Waals surface area contributed by atoms with Crippen LogP contribution in [0.25, 0.3) is 0 Å². The van der Waals surface area contributed by atoms with Crippen molar-refractivity contribution in [1.29, 1.82) is 0 Å². The quantitative estimate of drug-likeness (QED) is 0.754. The van der Waals surface area contributed by atoms with Gasteiger partial charge in [-0.3, -0.25) is 4.79 Å². The maximum atomic E-state index is 11.5. The van der Waals surface area contributed by atoms with Crippen LogP contribution < -0.4 is 10.6 Å². The Morgan fingerprint density at radius 3 is 2.63 bits per heavy atom. The zero-order valence-electron chi connectivity index (χ0n) is 11.7. The lowest BCUT2D eigenvalue weighted by atomic mass is 10.1. The van der Waals surface area contributed by atoms with Crippen LogP contribution in [0.3, 0.4) is 0 Å². The van der Waals surface area contributed by atoms with Gasteiger partial charge >= 0.3 is 0 Å². The van der Waals surface area contributed by atoms with E-state index in [0.29, 0.717) is 19.0 Å². The van der Waals surface area contributed by atoms with Crippen LogP contribution in [0.1, 0.15) is 44.6 Å². The monoisotopic (exact) mass is 260 g/mol. The Balaban J connectivity index is 1.65. The summed E-state index contributed by atoms with van der Waals surface area (Å²) in [7, 11) is 0. The first-order valence-electron chi connectivity index (χ1n) is 7.40. The van der Waals surface area contributed by atoms with E-state index in [-0.39, 0.29) is 5.91 Å². The third-order valence-corrected chi connectivity index (χ3v) is 3.40. The Hall–Kier alpha value is -1.51. The van der Waals surface area contributed by atoms with Crippen LogP contribution in [0.4, 0.5) is 5.69 Å². The molecule has 3 heteroatoms. The summed E-state index contributed by atoms with van der Waals surface area (Å²) >= 11 is 0. The van der Waals surface area contributed by atoms with E-state index in [1.165, 1.54) is 18.4 Å². The molecule has 1 saturated carbocycles. The predicted octanol–water partition coefficient (Wildman–Crippen LogP) is 3.11. The number of amides is 1. The van der Waals surface area contributed by atoms with Gasteiger partial charge < -0.3 is 10.6 Å². The normalized spacial score (nSPS) is 14.2. The van der Waals surface area contributed by atoms with Crippen molar-refractivity contribution in [2.24, 2.45) is 0 Å². The molecule has 1 amide bonds. The number of hydrogen-bond acceptors (Lipinski definition) is 2. The number of rotatable bonds is 8. The van der Waals surface area contributed by atoms with Crippen LogP contribution in [0.15, 0.2) is 24.3 Å². The summed E-state index contributed by atoms with van der Waals surface area (Å²) in [6.45, 7) is 2.91. The van der Waals surface area contributed by atoms with Gasteiger partial charge in [0, 0.05) is 24.7 Å². The fourth-order valence-electron chi connectivity index (χ4n) is 2.02. The SMILES string of the molecule is CCCCc1ccc(NCCC(=O)NC2CC2)cc1. The van der Waals surface area contributed by atoms with Crippen LogP contribution in [0, 0.1) is 0 Å². The number of anilines is 1. The summed E-state index contributed by atoms with van der Waals surface area (Å²) in [6.07, 6.45) is 6.48. The van der Waals surface area contributed by atoms with Crippen molar-refractivity contribution in [3.05, 3.63) is 29.8 Å². The van der Waals surface area contributed by atoms with Crippen molar-refractivity contribution < 1.29 is 4.79 Å². The van der Waals surface area contributed by atoms with E-state index < -0.39 is 0 Å². The van der Waals surface area contributed by atoms with Gasteiger partial charge in [0.15, 0.2) is 0 Å². The van der Waals surface area contributed by atoms with Gasteiger partial charge in [-0.1, -0.05) is 25.5 Å². The lowest BCUT2D eigenvalue weighted by Crippen LogP contribution is -2.27. The molecule has 1 fully saturated rings. The molecule has 1 aromatic rings. The number of nitrogens with one attached hydrogen (secondary N) is 2. The zero-order valence-corrected chi connectivity index (χ0v) is 11.7. The highest BCUT2D eigenvalue weighted by atomic mass is 16.1. The van der Waals surface area contributed by atoms with Crippen LogP contribution in [-0.4, -0.2) is 18.5 Å². The minimum Gasteiger partial charge on any atom is -0.385 e. The van der Waals surface area contributed by atoms with Crippen molar-refractivity contribution in [3.63, 3.8) is 0 Å². The topological polar surface area (TPSA) is 41.1 Å². The Morgan fingerprint density at radius 2 is 2.00 bits per heavy atom. The van der Waals surface area contributed by atoms with Gasteiger partial charge in [0.2, 0.25) is 5.91 Å². The molecule has 19 heavy (non-hydrogen) atoms. The molecule has 0 spiro atoms. The maximum absolute atomic E-state index is 11.5. The van der Waals surface area contributed by atoms with Crippen molar-refractivity contribution in [2.45, 2.75) is 51.5 Å². The molecule has 0 atom stereocenters. The second kappa shape index (κ2) is 7.17. The lowest BCUT2D eigenvalue weighted by molar-refractivity contribution is -0.120. The summed E-state index contributed by atoms with van der Waals surface area (Å²) in [5.74, 6) is 0.162. The second-order valence-electron chi connectivity index (χ2n) is 5.32. The largest absolute Gasteiger partial charge is 0.385 e. The van der Waals surface area contributed by atoms with Crippen LogP contribution in [0.2, 0.25) is 0 Å². The first-order valence-corrected chi connectivity index (χ1v) is 7.40. The minimum absolute atomic E-state index is 0.162. The molecule has 0 saturated heterocycles. The molecule has 0 radical (unpaired) electrons. The van der Waals surface area contributed by atoms with E-state index in [1.54, 1.807) is 0 Å². The molecule has 1 aliphatic carbocycles. The zero-order chi connectivity index (χ0) is 13.5. The van der Waals surface area contributed by atoms with E-state index in [0.717, 1.165) is 24.9 Å². The Labute approximate surface area is 115 Å². The highest BCUT2D eigenvalue weighted by Crippen LogP contribution is 2.18. The van der Waals surface area contributed by atoms with E-state index in [1.807, 2.05) is 0 Å². The lowest BCUT2D eigenvalue weighted by Gasteiger charge is -2.08. The van der Waals surface area contributed by atoms with Crippen molar-refractivity contribution in [2.75, 3.05) is 11.9 Å². The molecule has 3 nitrogen and oxygen atoms in total. The summed E-state index contributed by atoms with van der Waals surface area (Å²) < 4.78 is 0. The molecular formula is C16H24N2O. The molecule has 0 bridgehead atoms. The van der Waals surface area contributed by atoms with E-state index in [2.05, 4.69) is 41.8 Å². The fraction of sp³-hybridized carbons (Fsp3) is 0.562. The number of carbonyl (C=O) groups is 1. The van der Waals surface area contributed by atoms with Gasteiger partial charge in [-0.25, -0.2) is 0 Å². The average Bonchev–Trinajstić information content (AvgIpc) is 3.22. The van der Waals surface area contributed by atoms with Gasteiger partial charge in [-0.2, -0.15) is 0 Å². The van der Waals surface area contributed by atoms with Gasteiger partial charge in [0.25, 0.3) is 0 Å². The molecule has 104 valence electrons. The molecule has 1 aromatic carbocycles. The molecule has 1 aliphatic rings. The van der Waals surface area contributed by atoms with Gasteiger partial charge in [0.05, 0.1) is 0 Å². The number of hydrogen-bond donors (Lipinski definition) is 2. The van der Waals surface area contributed by atoms with Crippen LogP contribution >= 0.6 is 0 Å². The Bertz CT molecular complexity index is 396. The number of benzene rings is 1. The Kier molecular flexibility index (Phi) is 5.25. The van der Waals surface area contributed by atoms with Crippen LogP contribution in [0.5, 0.6) is 0 Å². The van der Waals surface area contributed by atoms with Crippen molar-refractivity contribution in [1.82, 2.24) is 5.32 Å². The summed E-state index contributed by atoms with van der Waals surface area (Å²) in [5.41, 5.74) is 2.48. The van der Waals surface area contributed by atoms with Crippen LogP contribution in [-0.2, 0) is 11.2 Å². The first-order chi connectivity index (χ1) is 9.28. The third kappa shape index (κ3) is 5.33. The standard InChI is InChI=1S/C16H24N2O/c1-2-3-4-13-5-7-14(8-6-13)17-12-11-16(19)18-15-9-10-15/h5-8,15,17H,2-4,9-12H2,1H3,(H,18,19). The average molecular weight is 260 g/mol. The fourth-order valence-corrected chi connectivity index (χ4v) is 2.02. The van der Waals surface area contributed by atoms with Gasteiger partial charge in [0.1, 0.15) is 0 Å². The highest BCUT2D eigenvalue weighted by molar-refractivity contribution is 5.77. The smallest absolute Gasteiger partial charge is 0.221 e. The third-order valence-electron chi connectivity index (χ3n) is 3.40. The second-order valence-corrected chi connectivity index (χ2v) is 5.32. The van der Waals surface area contributed by atoms with Gasteiger partial charge in [-0.05, 0) is 43.4 Å². The number of carbonyl (C=O) groups excluding carboxylic acids is 1. The number of aryl methyl sites for hydroxylation is 1. The van der Waals surface area contributed by atoms with E-state index in [4.69, 9.17) is 0 Å². The molecule has 0 unspecified atom stereocenters. The summed E-state index contributed by atoms with van der Waals surface area (Å²) in [6, 6.07) is 9.00. The highest BCUT2D eigenvalue weighted by Gasteiger charge is 2.22. The van der Waals surface area contributed by atoms with Crippen molar-refractivity contribution in [3.8, 4) is 0 Å². The predicted molar refractivity (Wildman–Crippen MR) is 79.3 cm³/mol. The molecule has 2 rings (SSSR count). The van der Waals surface area contributed by atoms with Gasteiger partial charge in [-0.15, -0.1) is 0 Å². The molecule has 2 N–H and O–H groups in total. The molecule has 0 heterocycles. The molecule has 0 aliphatic heterocycles. The maximum Gasteiger partial charge on any atom is 0.221 e. The Morgan fingerprint density at radius 1 is 1.26 bits per heavy atom. The molecule has 0 aromatic heterocycles. The summed E-state index contributed by atoms with van der Waals surface area (Å²) in [5, 5.41) is 6.29. The molecular weight excluding hydrogens is 236 g/mol. The first kappa shape index (κ1) is 13.9. The number of unbranched alkanes of at least 4 members (excludes halogenated alkanes) is 1. The van der Waals surface area contributed by atoms with E-state index >= 15 is 0 Å². The van der Waals surface area contributed by atoms with E-state index in [9.17, 15) is 4.79 Å². The van der Waals surface area contributed by atoms with Crippen molar-refractivity contribution >= 4 is 11.6 Å². The summed E-state index contributed by atoms with van der Waals surface area (Å²) in [4.78, 5) is 11.5. The minimum atomic E-state index is 0.162.